The molecule has 0 aliphatic rings. The molecule has 0 radical (unpaired) electrons. The second kappa shape index (κ2) is 8.07. The number of pyridine rings is 1. The molecule has 0 saturated carbocycles. The Morgan fingerprint density at radius 3 is 2.27 bits per heavy atom. The highest BCUT2D eigenvalue weighted by atomic mass is 16.2. The Hall–Kier alpha value is -3.47. The van der Waals surface area contributed by atoms with Gasteiger partial charge in [0.05, 0.1) is 11.3 Å². The van der Waals surface area contributed by atoms with Crippen LogP contribution in [0.2, 0.25) is 0 Å². The van der Waals surface area contributed by atoms with Crippen molar-refractivity contribution < 1.29 is 9.59 Å². The monoisotopic (exact) mass is 345 g/mol. The molecule has 2 N–H and O–H groups in total. The van der Waals surface area contributed by atoms with Gasteiger partial charge in [0.15, 0.2) is 0 Å². The molecule has 5 heteroatoms. The molecule has 26 heavy (non-hydrogen) atoms. The lowest BCUT2D eigenvalue weighted by molar-refractivity contribution is 0.102. The lowest BCUT2D eigenvalue weighted by Gasteiger charge is -2.11. The molecule has 3 aromatic rings. The average molecular weight is 345 g/mol. The molecule has 2 aromatic carbocycles. The van der Waals surface area contributed by atoms with E-state index >= 15 is 0 Å². The summed E-state index contributed by atoms with van der Waals surface area (Å²) in [5, 5.41) is 5.54. The maximum absolute atomic E-state index is 12.5. The minimum Gasteiger partial charge on any atom is -0.321 e. The molecule has 3 rings (SSSR count). The van der Waals surface area contributed by atoms with Gasteiger partial charge in [-0.05, 0) is 48.4 Å². The van der Waals surface area contributed by atoms with Gasteiger partial charge in [-0.2, -0.15) is 0 Å². The minimum atomic E-state index is -0.332. The summed E-state index contributed by atoms with van der Waals surface area (Å²) in [7, 11) is 0. The third kappa shape index (κ3) is 4.13. The van der Waals surface area contributed by atoms with Crippen molar-refractivity contribution in [2.75, 3.05) is 10.6 Å². The lowest BCUT2D eigenvalue weighted by Crippen LogP contribution is -2.18. The van der Waals surface area contributed by atoms with E-state index in [0.29, 0.717) is 22.6 Å². The Morgan fingerprint density at radius 2 is 1.58 bits per heavy atom. The van der Waals surface area contributed by atoms with Crippen LogP contribution in [0.25, 0.3) is 0 Å². The van der Waals surface area contributed by atoms with Crippen LogP contribution in [0.1, 0.15) is 33.2 Å². The third-order valence-electron chi connectivity index (χ3n) is 3.95. The van der Waals surface area contributed by atoms with Gasteiger partial charge in [0.1, 0.15) is 5.82 Å². The molecule has 1 aromatic heterocycles. The summed E-state index contributed by atoms with van der Waals surface area (Å²) in [6.45, 7) is 2.06. The second-order valence-electron chi connectivity index (χ2n) is 5.72. The van der Waals surface area contributed by atoms with Crippen LogP contribution >= 0.6 is 0 Å². The average Bonchev–Trinajstić information content (AvgIpc) is 2.69. The molecule has 0 saturated heterocycles. The number of aromatic nitrogens is 1. The molecule has 5 nitrogen and oxygen atoms in total. The molecule has 0 unspecified atom stereocenters. The SMILES string of the molecule is CCc1ccc(C(=O)Nc2ccccc2C(=O)Nc2ccccn2)cc1. The van der Waals surface area contributed by atoms with E-state index < -0.39 is 0 Å². The molecule has 0 spiro atoms. The first-order valence-corrected chi connectivity index (χ1v) is 8.39. The Kier molecular flexibility index (Phi) is 5.39. The van der Waals surface area contributed by atoms with Crippen LogP contribution in [0.4, 0.5) is 11.5 Å². The number of benzene rings is 2. The van der Waals surface area contributed by atoms with Gasteiger partial charge in [0, 0.05) is 11.8 Å². The number of aryl methyl sites for hydroxylation is 1. The fourth-order valence-corrected chi connectivity index (χ4v) is 2.50. The normalized spacial score (nSPS) is 10.2. The van der Waals surface area contributed by atoms with E-state index in [0.717, 1.165) is 12.0 Å². The number of rotatable bonds is 5. The number of amides is 2. The number of carbonyl (C=O) groups excluding carboxylic acids is 2. The Labute approximate surface area is 152 Å². The maximum Gasteiger partial charge on any atom is 0.258 e. The predicted molar refractivity (Wildman–Crippen MR) is 102 cm³/mol. The Bertz CT molecular complexity index is 906. The van der Waals surface area contributed by atoms with E-state index in [1.54, 1.807) is 60.8 Å². The first kappa shape index (κ1) is 17.4. The Morgan fingerprint density at radius 1 is 0.846 bits per heavy atom. The van der Waals surface area contributed by atoms with E-state index in [2.05, 4.69) is 22.5 Å². The minimum absolute atomic E-state index is 0.259. The highest BCUT2D eigenvalue weighted by Gasteiger charge is 2.14. The van der Waals surface area contributed by atoms with Crippen LogP contribution in [0, 0.1) is 0 Å². The molecule has 0 aliphatic heterocycles. The molecular weight excluding hydrogens is 326 g/mol. The number of anilines is 2. The van der Waals surface area contributed by atoms with Crippen LogP contribution in [-0.2, 0) is 6.42 Å². The topological polar surface area (TPSA) is 71.1 Å². The van der Waals surface area contributed by atoms with Crippen LogP contribution in [0.5, 0.6) is 0 Å². The van der Waals surface area contributed by atoms with Crippen molar-refractivity contribution >= 4 is 23.3 Å². The largest absolute Gasteiger partial charge is 0.321 e. The predicted octanol–water partition coefficient (Wildman–Crippen LogP) is 4.15. The fourth-order valence-electron chi connectivity index (χ4n) is 2.50. The van der Waals surface area contributed by atoms with Crippen molar-refractivity contribution in [1.82, 2.24) is 4.98 Å². The summed E-state index contributed by atoms with van der Waals surface area (Å²) in [4.78, 5) is 29.1. The van der Waals surface area contributed by atoms with Gasteiger partial charge < -0.3 is 10.6 Å². The third-order valence-corrected chi connectivity index (χ3v) is 3.95. The summed E-state index contributed by atoms with van der Waals surface area (Å²) < 4.78 is 0. The lowest BCUT2D eigenvalue weighted by atomic mass is 10.1. The quantitative estimate of drug-likeness (QED) is 0.730. The zero-order valence-electron chi connectivity index (χ0n) is 14.4. The standard InChI is InChI=1S/C21H19N3O2/c1-2-15-10-12-16(13-11-15)20(25)23-18-8-4-3-7-17(18)21(26)24-19-9-5-6-14-22-19/h3-14H,2H2,1H3,(H,23,25)(H,22,24,26). The van der Waals surface area contributed by atoms with Gasteiger partial charge in [-0.25, -0.2) is 4.98 Å². The first-order valence-electron chi connectivity index (χ1n) is 8.39. The second-order valence-corrected chi connectivity index (χ2v) is 5.72. The van der Waals surface area contributed by atoms with E-state index in [-0.39, 0.29) is 11.8 Å². The molecule has 0 aliphatic carbocycles. The van der Waals surface area contributed by atoms with Crippen LogP contribution in [0.3, 0.4) is 0 Å². The highest BCUT2D eigenvalue weighted by molar-refractivity contribution is 6.12. The number of para-hydroxylation sites is 1. The van der Waals surface area contributed by atoms with E-state index in [1.165, 1.54) is 0 Å². The van der Waals surface area contributed by atoms with Crippen LogP contribution in [0.15, 0.2) is 72.9 Å². The van der Waals surface area contributed by atoms with Gasteiger partial charge in [-0.15, -0.1) is 0 Å². The zero-order chi connectivity index (χ0) is 18.4. The van der Waals surface area contributed by atoms with Gasteiger partial charge in [-0.3, -0.25) is 9.59 Å². The van der Waals surface area contributed by atoms with Crippen LogP contribution < -0.4 is 10.6 Å². The van der Waals surface area contributed by atoms with Crippen molar-refractivity contribution in [2.24, 2.45) is 0 Å². The van der Waals surface area contributed by atoms with E-state index in [9.17, 15) is 9.59 Å². The smallest absolute Gasteiger partial charge is 0.258 e. The van der Waals surface area contributed by atoms with Crippen molar-refractivity contribution in [3.63, 3.8) is 0 Å². The zero-order valence-corrected chi connectivity index (χ0v) is 14.4. The Balaban J connectivity index is 1.78. The fraction of sp³-hybridized carbons (Fsp3) is 0.0952. The molecule has 1 heterocycles. The van der Waals surface area contributed by atoms with Gasteiger partial charge in [0.25, 0.3) is 11.8 Å². The number of hydrogen-bond acceptors (Lipinski definition) is 3. The molecule has 2 amide bonds. The van der Waals surface area contributed by atoms with Crippen molar-refractivity contribution in [2.45, 2.75) is 13.3 Å². The first-order chi connectivity index (χ1) is 12.7. The van der Waals surface area contributed by atoms with Gasteiger partial charge in [0.2, 0.25) is 0 Å². The molecular formula is C21H19N3O2. The number of carbonyl (C=O) groups is 2. The summed E-state index contributed by atoms with van der Waals surface area (Å²) in [5.74, 6) is -0.138. The maximum atomic E-state index is 12.5. The van der Waals surface area contributed by atoms with Crippen molar-refractivity contribution in [3.8, 4) is 0 Å². The molecule has 0 bridgehead atoms. The van der Waals surface area contributed by atoms with Gasteiger partial charge >= 0.3 is 0 Å². The highest BCUT2D eigenvalue weighted by Crippen LogP contribution is 2.18. The number of nitrogens with zero attached hydrogens (tertiary/aromatic N) is 1. The van der Waals surface area contributed by atoms with E-state index in [1.807, 2.05) is 12.1 Å². The number of nitrogens with one attached hydrogen (secondary N) is 2. The summed E-state index contributed by atoms with van der Waals surface area (Å²) in [5.41, 5.74) is 2.53. The van der Waals surface area contributed by atoms with E-state index in [4.69, 9.17) is 0 Å². The molecule has 0 atom stereocenters. The summed E-state index contributed by atoms with van der Waals surface area (Å²) >= 11 is 0. The molecule has 0 fully saturated rings. The number of hydrogen-bond donors (Lipinski definition) is 2. The summed E-state index contributed by atoms with van der Waals surface area (Å²) in [6.07, 6.45) is 2.52. The molecule has 130 valence electrons. The van der Waals surface area contributed by atoms with Gasteiger partial charge in [-0.1, -0.05) is 37.3 Å². The van der Waals surface area contributed by atoms with Crippen molar-refractivity contribution in [1.29, 1.82) is 0 Å². The summed E-state index contributed by atoms with van der Waals surface area (Å²) in [6, 6.07) is 19.6. The van der Waals surface area contributed by atoms with Crippen molar-refractivity contribution in [3.05, 3.63) is 89.6 Å². The van der Waals surface area contributed by atoms with Crippen LogP contribution in [-0.4, -0.2) is 16.8 Å².